The number of carbonyl (C=O) groups excluding carboxylic acids is 3. The smallest absolute Gasteiger partial charge is 0.262 e. The molecule has 0 atom stereocenters. The van der Waals surface area contributed by atoms with Crippen LogP contribution in [0, 0.1) is 3.57 Å². The molecule has 4 rings (SSSR count). The van der Waals surface area contributed by atoms with Gasteiger partial charge in [0.1, 0.15) is 5.78 Å². The molecule has 2 amide bonds. The third-order valence-electron chi connectivity index (χ3n) is 4.58. The van der Waals surface area contributed by atoms with Crippen molar-refractivity contribution in [3.63, 3.8) is 0 Å². The molecule has 23 heavy (non-hydrogen) atoms. The first-order chi connectivity index (χ1) is 11.0. The standard InChI is InChI=1S/C18H12INO3/c19-12-7-5-11(6-8-12)18(9-13(21)10-18)20-16(22)14-3-1-2-4-15(14)17(20)23/h1-8H,9-10H2. The van der Waals surface area contributed by atoms with Gasteiger partial charge in [-0.1, -0.05) is 24.3 Å². The number of hydrogen-bond donors (Lipinski definition) is 0. The molecule has 114 valence electrons. The summed E-state index contributed by atoms with van der Waals surface area (Å²) in [4.78, 5) is 38.6. The van der Waals surface area contributed by atoms with E-state index >= 15 is 0 Å². The Morgan fingerprint density at radius 2 is 1.35 bits per heavy atom. The fourth-order valence-corrected chi connectivity index (χ4v) is 3.79. The number of hydrogen-bond acceptors (Lipinski definition) is 3. The van der Waals surface area contributed by atoms with Gasteiger partial charge in [0.25, 0.3) is 11.8 Å². The summed E-state index contributed by atoms with van der Waals surface area (Å²) in [6, 6.07) is 14.5. The van der Waals surface area contributed by atoms with E-state index in [4.69, 9.17) is 0 Å². The van der Waals surface area contributed by atoms with Gasteiger partial charge in [-0.25, -0.2) is 0 Å². The third-order valence-corrected chi connectivity index (χ3v) is 5.30. The molecule has 1 aliphatic carbocycles. The Morgan fingerprint density at radius 1 is 0.826 bits per heavy atom. The van der Waals surface area contributed by atoms with E-state index in [-0.39, 0.29) is 30.4 Å². The Hall–Kier alpha value is -2.02. The maximum Gasteiger partial charge on any atom is 0.262 e. The summed E-state index contributed by atoms with van der Waals surface area (Å²) < 4.78 is 1.06. The van der Waals surface area contributed by atoms with Gasteiger partial charge in [-0.15, -0.1) is 0 Å². The second-order valence-electron chi connectivity index (χ2n) is 5.92. The predicted octanol–water partition coefficient (Wildman–Crippen LogP) is 3.15. The molecule has 1 fully saturated rings. The first-order valence-electron chi connectivity index (χ1n) is 7.29. The molecule has 0 N–H and O–H groups in total. The molecule has 0 bridgehead atoms. The van der Waals surface area contributed by atoms with Crippen LogP contribution in [0.2, 0.25) is 0 Å². The fraction of sp³-hybridized carbons (Fsp3) is 0.167. The molecule has 5 heteroatoms. The molecule has 4 nitrogen and oxygen atoms in total. The summed E-state index contributed by atoms with van der Waals surface area (Å²) >= 11 is 2.20. The molecule has 2 aromatic rings. The molecule has 0 radical (unpaired) electrons. The van der Waals surface area contributed by atoms with E-state index in [1.165, 1.54) is 4.90 Å². The highest BCUT2D eigenvalue weighted by Gasteiger charge is 2.56. The Balaban J connectivity index is 1.84. The number of fused-ring (bicyclic) bond motifs is 1. The van der Waals surface area contributed by atoms with Crippen LogP contribution in [0.5, 0.6) is 0 Å². The summed E-state index contributed by atoms with van der Waals surface area (Å²) in [6.45, 7) is 0. The highest BCUT2D eigenvalue weighted by Crippen LogP contribution is 2.47. The van der Waals surface area contributed by atoms with E-state index in [0.29, 0.717) is 11.1 Å². The van der Waals surface area contributed by atoms with Crippen LogP contribution in [0.4, 0.5) is 0 Å². The topological polar surface area (TPSA) is 54.5 Å². The molecule has 0 spiro atoms. The first kappa shape index (κ1) is 14.6. The van der Waals surface area contributed by atoms with Crippen LogP contribution >= 0.6 is 22.6 Å². The zero-order valence-corrected chi connectivity index (χ0v) is 14.2. The number of ketones is 1. The van der Waals surface area contributed by atoms with Crippen LogP contribution in [0.25, 0.3) is 0 Å². The lowest BCUT2D eigenvalue weighted by Crippen LogP contribution is -2.57. The van der Waals surface area contributed by atoms with Gasteiger partial charge >= 0.3 is 0 Å². The Kier molecular flexibility index (Phi) is 3.16. The minimum atomic E-state index is -0.839. The Morgan fingerprint density at radius 3 is 1.83 bits per heavy atom. The average Bonchev–Trinajstić information content (AvgIpc) is 2.77. The monoisotopic (exact) mass is 417 g/mol. The van der Waals surface area contributed by atoms with E-state index in [1.807, 2.05) is 24.3 Å². The van der Waals surface area contributed by atoms with Crippen LogP contribution in [0.15, 0.2) is 48.5 Å². The molecule has 2 aliphatic rings. The van der Waals surface area contributed by atoms with Gasteiger partial charge in [0, 0.05) is 16.4 Å². The second kappa shape index (κ2) is 4.99. The van der Waals surface area contributed by atoms with Crippen molar-refractivity contribution in [3.05, 3.63) is 68.8 Å². The average molecular weight is 417 g/mol. The summed E-state index contributed by atoms with van der Waals surface area (Å²) in [6.07, 6.45) is 0.387. The van der Waals surface area contributed by atoms with Crippen LogP contribution in [0.3, 0.4) is 0 Å². The predicted molar refractivity (Wildman–Crippen MR) is 92.0 cm³/mol. The van der Waals surface area contributed by atoms with Gasteiger partial charge in [0.2, 0.25) is 0 Å². The Bertz CT molecular complexity index is 814. The molecule has 2 aromatic carbocycles. The van der Waals surface area contributed by atoms with E-state index in [0.717, 1.165) is 9.13 Å². The van der Waals surface area contributed by atoms with Crippen LogP contribution in [0.1, 0.15) is 39.1 Å². The van der Waals surface area contributed by atoms with Crippen molar-refractivity contribution >= 4 is 40.2 Å². The maximum absolute atomic E-state index is 12.8. The number of halogens is 1. The number of carbonyl (C=O) groups is 3. The van der Waals surface area contributed by atoms with Crippen molar-refractivity contribution in [3.8, 4) is 0 Å². The van der Waals surface area contributed by atoms with Crippen molar-refractivity contribution in [1.29, 1.82) is 0 Å². The maximum atomic E-state index is 12.8. The number of benzene rings is 2. The molecular weight excluding hydrogens is 405 g/mol. The molecule has 1 saturated carbocycles. The molecular formula is C18H12INO3. The number of amides is 2. The van der Waals surface area contributed by atoms with Gasteiger partial charge in [-0.05, 0) is 52.4 Å². The van der Waals surface area contributed by atoms with Crippen LogP contribution in [-0.2, 0) is 10.3 Å². The largest absolute Gasteiger partial charge is 0.299 e. The lowest BCUT2D eigenvalue weighted by Gasteiger charge is -2.46. The van der Waals surface area contributed by atoms with Crippen molar-refractivity contribution in [1.82, 2.24) is 4.90 Å². The summed E-state index contributed by atoms with van der Waals surface area (Å²) in [5.74, 6) is -0.548. The third kappa shape index (κ3) is 1.99. The van der Waals surface area contributed by atoms with E-state index in [9.17, 15) is 14.4 Å². The van der Waals surface area contributed by atoms with Gasteiger partial charge < -0.3 is 0 Å². The number of Topliss-reactive ketones (excluding diaryl/α,β-unsaturated/α-hetero) is 1. The number of rotatable bonds is 2. The lowest BCUT2D eigenvalue weighted by atomic mass is 9.69. The van der Waals surface area contributed by atoms with Gasteiger partial charge in [0.05, 0.1) is 16.7 Å². The highest BCUT2D eigenvalue weighted by atomic mass is 127. The zero-order chi connectivity index (χ0) is 16.2. The zero-order valence-electron chi connectivity index (χ0n) is 12.1. The first-order valence-corrected chi connectivity index (χ1v) is 8.36. The van der Waals surface area contributed by atoms with Crippen molar-refractivity contribution in [2.45, 2.75) is 18.4 Å². The summed E-state index contributed by atoms with van der Waals surface area (Å²) in [5, 5.41) is 0. The highest BCUT2D eigenvalue weighted by molar-refractivity contribution is 14.1. The lowest BCUT2D eigenvalue weighted by molar-refractivity contribution is -0.132. The van der Waals surface area contributed by atoms with Gasteiger partial charge in [-0.2, -0.15) is 0 Å². The second-order valence-corrected chi connectivity index (χ2v) is 7.17. The van der Waals surface area contributed by atoms with Crippen molar-refractivity contribution in [2.24, 2.45) is 0 Å². The SMILES string of the molecule is O=C1CC(c2ccc(I)cc2)(N2C(=O)c3ccccc3C2=O)C1. The Labute approximate surface area is 146 Å². The molecule has 0 unspecified atom stereocenters. The normalized spacial score (nSPS) is 18.8. The number of imide groups is 1. The van der Waals surface area contributed by atoms with Crippen molar-refractivity contribution < 1.29 is 14.4 Å². The van der Waals surface area contributed by atoms with E-state index in [1.54, 1.807) is 24.3 Å². The summed E-state index contributed by atoms with van der Waals surface area (Å²) in [5.41, 5.74) is 0.838. The molecule has 0 saturated heterocycles. The van der Waals surface area contributed by atoms with E-state index < -0.39 is 5.54 Å². The minimum absolute atomic E-state index is 0.0695. The van der Waals surface area contributed by atoms with E-state index in [2.05, 4.69) is 22.6 Å². The van der Waals surface area contributed by atoms with Crippen molar-refractivity contribution in [2.75, 3.05) is 0 Å². The number of nitrogens with zero attached hydrogens (tertiary/aromatic N) is 1. The summed E-state index contributed by atoms with van der Waals surface area (Å²) in [7, 11) is 0. The molecule has 1 heterocycles. The van der Waals surface area contributed by atoms with Crippen LogP contribution in [-0.4, -0.2) is 22.5 Å². The quantitative estimate of drug-likeness (QED) is 0.558. The molecule has 1 aliphatic heterocycles. The minimum Gasteiger partial charge on any atom is -0.299 e. The fourth-order valence-electron chi connectivity index (χ4n) is 3.43. The molecule has 0 aromatic heterocycles. The van der Waals surface area contributed by atoms with Crippen LogP contribution < -0.4 is 0 Å². The van der Waals surface area contributed by atoms with Gasteiger partial charge in [0.15, 0.2) is 0 Å². The van der Waals surface area contributed by atoms with Gasteiger partial charge in [-0.3, -0.25) is 19.3 Å².